The van der Waals surface area contributed by atoms with Crippen molar-refractivity contribution in [3.05, 3.63) is 17.0 Å². The van der Waals surface area contributed by atoms with Crippen molar-refractivity contribution in [3.8, 4) is 0 Å². The van der Waals surface area contributed by atoms with Crippen molar-refractivity contribution in [2.24, 2.45) is 0 Å². The first-order valence-electron chi connectivity index (χ1n) is 6.84. The van der Waals surface area contributed by atoms with Crippen LogP contribution in [-0.2, 0) is 0 Å². The third kappa shape index (κ3) is 3.02. The van der Waals surface area contributed by atoms with E-state index in [0.29, 0.717) is 17.0 Å². The summed E-state index contributed by atoms with van der Waals surface area (Å²) in [5.41, 5.74) is 0.885. The lowest BCUT2D eigenvalue weighted by molar-refractivity contribution is 0.261. The second-order valence-corrected chi connectivity index (χ2v) is 5.37. The fourth-order valence-electron chi connectivity index (χ4n) is 1.99. The highest BCUT2D eigenvalue weighted by Gasteiger charge is 2.12. The van der Waals surface area contributed by atoms with Crippen LogP contribution in [0.3, 0.4) is 0 Å². The summed E-state index contributed by atoms with van der Waals surface area (Å²) in [7, 11) is 2.13. The average Bonchev–Trinajstić information content (AvgIpc) is 2.89. The standard InChI is InChI=1S/C13H21ClN6/c1-5-9(2)19(4)7-6-15-12-10(3)11(14)18-13-16-8-17-20(12)13/h8-9,15H,5-7H2,1-4H3. The molecule has 0 aliphatic carbocycles. The number of likely N-dealkylation sites (N-methyl/N-ethyl adjacent to an activating group) is 1. The number of fused-ring (bicyclic) bond motifs is 1. The van der Waals surface area contributed by atoms with E-state index in [2.05, 4.69) is 46.2 Å². The number of hydrogen-bond donors (Lipinski definition) is 1. The van der Waals surface area contributed by atoms with E-state index in [1.807, 2.05) is 6.92 Å². The molecule has 0 aliphatic rings. The number of aromatic nitrogens is 4. The lowest BCUT2D eigenvalue weighted by Crippen LogP contribution is -2.33. The van der Waals surface area contributed by atoms with E-state index < -0.39 is 0 Å². The van der Waals surface area contributed by atoms with Gasteiger partial charge in [0, 0.05) is 24.7 Å². The van der Waals surface area contributed by atoms with Gasteiger partial charge < -0.3 is 10.2 Å². The summed E-state index contributed by atoms with van der Waals surface area (Å²) in [4.78, 5) is 10.6. The maximum atomic E-state index is 6.12. The van der Waals surface area contributed by atoms with Crippen molar-refractivity contribution < 1.29 is 0 Å². The minimum absolute atomic E-state index is 0.461. The molecule has 0 amide bonds. The maximum Gasteiger partial charge on any atom is 0.255 e. The van der Waals surface area contributed by atoms with Gasteiger partial charge in [0.15, 0.2) is 0 Å². The van der Waals surface area contributed by atoms with Crippen molar-refractivity contribution in [2.45, 2.75) is 33.2 Å². The Kier molecular flexibility index (Phi) is 4.77. The van der Waals surface area contributed by atoms with E-state index in [1.165, 1.54) is 6.33 Å². The van der Waals surface area contributed by atoms with E-state index in [9.17, 15) is 0 Å². The molecular formula is C13H21ClN6. The zero-order valence-electron chi connectivity index (χ0n) is 12.4. The lowest BCUT2D eigenvalue weighted by atomic mass is 10.2. The van der Waals surface area contributed by atoms with Crippen LogP contribution in [-0.4, -0.2) is 50.7 Å². The van der Waals surface area contributed by atoms with E-state index in [4.69, 9.17) is 11.6 Å². The lowest BCUT2D eigenvalue weighted by Gasteiger charge is -2.23. The first kappa shape index (κ1) is 15.0. The molecule has 1 N–H and O–H groups in total. The summed E-state index contributed by atoms with van der Waals surface area (Å²) in [6, 6.07) is 0.574. The van der Waals surface area contributed by atoms with E-state index in [0.717, 1.165) is 30.9 Å². The first-order valence-corrected chi connectivity index (χ1v) is 7.22. The van der Waals surface area contributed by atoms with Crippen LogP contribution in [0.15, 0.2) is 6.33 Å². The summed E-state index contributed by atoms with van der Waals surface area (Å²) >= 11 is 6.12. The van der Waals surface area contributed by atoms with Gasteiger partial charge in [-0.3, -0.25) is 0 Å². The Bertz CT molecular complexity index is 581. The van der Waals surface area contributed by atoms with Gasteiger partial charge in [0.2, 0.25) is 0 Å². The average molecular weight is 297 g/mol. The number of rotatable bonds is 6. The fourth-order valence-corrected chi connectivity index (χ4v) is 2.15. The summed E-state index contributed by atoms with van der Waals surface area (Å²) in [6.45, 7) is 8.11. The number of anilines is 1. The molecule has 0 fully saturated rings. The van der Waals surface area contributed by atoms with Crippen molar-refractivity contribution in [3.63, 3.8) is 0 Å². The number of hydrogen-bond acceptors (Lipinski definition) is 5. The zero-order chi connectivity index (χ0) is 14.7. The van der Waals surface area contributed by atoms with Crippen LogP contribution in [0.2, 0.25) is 5.15 Å². The summed E-state index contributed by atoms with van der Waals surface area (Å²) in [5.74, 6) is 1.37. The van der Waals surface area contributed by atoms with Crippen LogP contribution in [0, 0.1) is 6.92 Å². The zero-order valence-corrected chi connectivity index (χ0v) is 13.1. The molecule has 0 bridgehead atoms. The molecule has 2 heterocycles. The molecule has 2 rings (SSSR count). The Morgan fingerprint density at radius 3 is 2.95 bits per heavy atom. The van der Waals surface area contributed by atoms with E-state index in [-0.39, 0.29) is 0 Å². The van der Waals surface area contributed by atoms with Gasteiger partial charge >= 0.3 is 0 Å². The van der Waals surface area contributed by atoms with E-state index >= 15 is 0 Å². The minimum Gasteiger partial charge on any atom is -0.368 e. The molecule has 2 aromatic heterocycles. The van der Waals surface area contributed by atoms with E-state index in [1.54, 1.807) is 4.52 Å². The topological polar surface area (TPSA) is 58.3 Å². The molecule has 0 saturated carbocycles. The van der Waals surface area contributed by atoms with Gasteiger partial charge in [-0.25, -0.2) is 0 Å². The molecule has 110 valence electrons. The smallest absolute Gasteiger partial charge is 0.255 e. The Hall–Kier alpha value is -1.40. The molecule has 0 saturated heterocycles. The maximum absolute atomic E-state index is 6.12. The first-order chi connectivity index (χ1) is 9.54. The predicted octanol–water partition coefficient (Wildman–Crippen LogP) is 2.23. The second-order valence-electron chi connectivity index (χ2n) is 5.01. The molecule has 7 heteroatoms. The fraction of sp³-hybridized carbons (Fsp3) is 0.615. The van der Waals surface area contributed by atoms with Gasteiger partial charge in [-0.2, -0.15) is 19.6 Å². The third-order valence-corrected chi connectivity index (χ3v) is 4.07. The van der Waals surface area contributed by atoms with Crippen molar-refractivity contribution in [1.29, 1.82) is 0 Å². The Labute approximate surface area is 124 Å². The van der Waals surface area contributed by atoms with Gasteiger partial charge in [-0.15, -0.1) is 0 Å². The van der Waals surface area contributed by atoms with Gasteiger partial charge in [-0.05, 0) is 27.3 Å². The van der Waals surface area contributed by atoms with Gasteiger partial charge in [0.25, 0.3) is 5.78 Å². The quantitative estimate of drug-likeness (QED) is 0.829. The highest BCUT2D eigenvalue weighted by atomic mass is 35.5. The molecule has 20 heavy (non-hydrogen) atoms. The number of nitrogens with one attached hydrogen (secondary N) is 1. The second kappa shape index (κ2) is 6.37. The van der Waals surface area contributed by atoms with Crippen LogP contribution in [0.5, 0.6) is 0 Å². The van der Waals surface area contributed by atoms with Crippen LogP contribution in [0.4, 0.5) is 5.82 Å². The molecular weight excluding hydrogens is 276 g/mol. The van der Waals surface area contributed by atoms with Crippen LogP contribution < -0.4 is 5.32 Å². The van der Waals surface area contributed by atoms with Gasteiger partial charge in [0.05, 0.1) is 0 Å². The highest BCUT2D eigenvalue weighted by Crippen LogP contribution is 2.21. The molecule has 2 aromatic rings. The summed E-state index contributed by atoms with van der Waals surface area (Å²) in [5, 5.41) is 8.03. The third-order valence-electron chi connectivity index (χ3n) is 3.70. The molecule has 0 radical (unpaired) electrons. The van der Waals surface area contributed by atoms with Crippen LogP contribution in [0.25, 0.3) is 5.78 Å². The van der Waals surface area contributed by atoms with Crippen molar-refractivity contribution >= 4 is 23.2 Å². The largest absolute Gasteiger partial charge is 0.368 e. The minimum atomic E-state index is 0.461. The molecule has 0 spiro atoms. The summed E-state index contributed by atoms with van der Waals surface area (Å²) in [6.07, 6.45) is 2.62. The highest BCUT2D eigenvalue weighted by molar-refractivity contribution is 6.30. The van der Waals surface area contributed by atoms with Crippen molar-refractivity contribution in [1.82, 2.24) is 24.5 Å². The van der Waals surface area contributed by atoms with Crippen LogP contribution >= 0.6 is 11.6 Å². The normalized spacial score (nSPS) is 13.1. The molecule has 6 nitrogen and oxygen atoms in total. The van der Waals surface area contributed by atoms with Crippen molar-refractivity contribution in [2.75, 3.05) is 25.5 Å². The Balaban J connectivity index is 2.10. The summed E-state index contributed by atoms with van der Waals surface area (Å²) < 4.78 is 1.68. The van der Waals surface area contributed by atoms with Gasteiger partial charge in [-0.1, -0.05) is 18.5 Å². The molecule has 0 aliphatic heterocycles. The van der Waals surface area contributed by atoms with Crippen LogP contribution in [0.1, 0.15) is 25.8 Å². The Morgan fingerprint density at radius 2 is 2.25 bits per heavy atom. The molecule has 1 atom stereocenters. The number of halogens is 1. The molecule has 0 aromatic carbocycles. The number of nitrogens with zero attached hydrogens (tertiary/aromatic N) is 5. The SMILES string of the molecule is CCC(C)N(C)CCNc1c(C)c(Cl)nc2ncnn12. The molecule has 1 unspecified atom stereocenters. The Morgan fingerprint density at radius 1 is 1.50 bits per heavy atom. The monoisotopic (exact) mass is 296 g/mol. The predicted molar refractivity (Wildman–Crippen MR) is 81.4 cm³/mol. The van der Waals surface area contributed by atoms with Gasteiger partial charge in [0.1, 0.15) is 17.3 Å².